The van der Waals surface area contributed by atoms with Crippen LogP contribution in [0.3, 0.4) is 0 Å². The Morgan fingerprint density at radius 2 is 2.33 bits per heavy atom. The summed E-state index contributed by atoms with van der Waals surface area (Å²) in [7, 11) is 0. The molecule has 0 spiro atoms. The molecule has 1 atom stereocenters. The van der Waals surface area contributed by atoms with Gasteiger partial charge in [0.2, 0.25) is 0 Å². The predicted molar refractivity (Wildman–Crippen MR) is 41.9 cm³/mol. The van der Waals surface area contributed by atoms with Crippen LogP contribution in [-0.2, 0) is 9.53 Å². The Balaban J connectivity index is 1.76. The summed E-state index contributed by atoms with van der Waals surface area (Å²) in [6, 6.07) is -0.217. The van der Waals surface area contributed by atoms with Crippen LogP contribution in [-0.4, -0.2) is 48.3 Å². The van der Waals surface area contributed by atoms with Gasteiger partial charge in [0, 0.05) is 19.0 Å². The van der Waals surface area contributed by atoms with Crippen LogP contribution in [0.4, 0.5) is 0 Å². The third kappa shape index (κ3) is 1.32. The molecular formula is C8H13NO3. The van der Waals surface area contributed by atoms with Crippen molar-refractivity contribution in [2.45, 2.75) is 12.5 Å². The molecule has 12 heavy (non-hydrogen) atoms. The molecule has 1 N–H and O–H groups in total. The van der Waals surface area contributed by atoms with Crippen LogP contribution in [0.1, 0.15) is 6.42 Å². The highest BCUT2D eigenvalue weighted by Crippen LogP contribution is 2.21. The molecule has 0 amide bonds. The molecule has 2 rings (SSSR count). The molecule has 2 fully saturated rings. The average molecular weight is 171 g/mol. The molecule has 2 aliphatic heterocycles. The zero-order valence-corrected chi connectivity index (χ0v) is 6.90. The standard InChI is InChI=1S/C8H13NO3/c10-8(11)7-1-2-9(7)3-6-4-12-5-6/h6-7H,1-5H2,(H,10,11). The number of nitrogens with zero attached hydrogens (tertiary/aromatic N) is 1. The molecule has 0 saturated carbocycles. The fraction of sp³-hybridized carbons (Fsp3) is 0.875. The minimum Gasteiger partial charge on any atom is -0.480 e. The lowest BCUT2D eigenvalue weighted by Gasteiger charge is -2.41. The molecule has 0 radical (unpaired) electrons. The van der Waals surface area contributed by atoms with Gasteiger partial charge in [-0.1, -0.05) is 0 Å². The van der Waals surface area contributed by atoms with Gasteiger partial charge in [-0.15, -0.1) is 0 Å². The van der Waals surface area contributed by atoms with Gasteiger partial charge in [-0.05, 0) is 6.42 Å². The zero-order valence-electron chi connectivity index (χ0n) is 6.90. The lowest BCUT2D eigenvalue weighted by atomic mass is 9.99. The molecule has 0 aliphatic carbocycles. The minimum absolute atomic E-state index is 0.217. The number of likely N-dealkylation sites (tertiary alicyclic amines) is 1. The topological polar surface area (TPSA) is 49.8 Å². The van der Waals surface area contributed by atoms with E-state index in [0.29, 0.717) is 5.92 Å². The van der Waals surface area contributed by atoms with E-state index in [1.807, 2.05) is 4.90 Å². The molecule has 0 aromatic carbocycles. The summed E-state index contributed by atoms with van der Waals surface area (Å²) in [6.45, 7) is 3.45. The second-order valence-electron chi connectivity index (χ2n) is 3.54. The summed E-state index contributed by atoms with van der Waals surface area (Å²) in [6.07, 6.45) is 0.808. The van der Waals surface area contributed by atoms with Crippen molar-refractivity contribution in [1.29, 1.82) is 0 Å². The lowest BCUT2D eigenvalue weighted by Crippen LogP contribution is -2.55. The molecule has 4 heteroatoms. The zero-order chi connectivity index (χ0) is 8.55. The number of carboxylic acid groups (broad SMARTS) is 1. The van der Waals surface area contributed by atoms with E-state index in [2.05, 4.69) is 0 Å². The van der Waals surface area contributed by atoms with Gasteiger partial charge in [0.25, 0.3) is 0 Å². The van der Waals surface area contributed by atoms with Crippen molar-refractivity contribution < 1.29 is 14.6 Å². The Bertz CT molecular complexity index is 191. The second kappa shape index (κ2) is 3.03. The number of rotatable bonds is 3. The van der Waals surface area contributed by atoms with Crippen LogP contribution < -0.4 is 0 Å². The molecule has 68 valence electrons. The fourth-order valence-electron chi connectivity index (χ4n) is 1.66. The van der Waals surface area contributed by atoms with E-state index < -0.39 is 5.97 Å². The summed E-state index contributed by atoms with van der Waals surface area (Å²) in [5.41, 5.74) is 0. The quantitative estimate of drug-likeness (QED) is 0.638. The van der Waals surface area contributed by atoms with Gasteiger partial charge < -0.3 is 9.84 Å². The lowest BCUT2D eigenvalue weighted by molar-refractivity contribution is -0.150. The molecule has 0 aromatic rings. The van der Waals surface area contributed by atoms with Gasteiger partial charge in [-0.3, -0.25) is 9.69 Å². The first-order chi connectivity index (χ1) is 5.77. The van der Waals surface area contributed by atoms with Gasteiger partial charge in [0.1, 0.15) is 6.04 Å². The van der Waals surface area contributed by atoms with Crippen molar-refractivity contribution in [3.63, 3.8) is 0 Å². The maximum absolute atomic E-state index is 10.6. The van der Waals surface area contributed by atoms with E-state index in [0.717, 1.165) is 32.7 Å². The largest absolute Gasteiger partial charge is 0.480 e. The average Bonchev–Trinajstić information content (AvgIpc) is 1.79. The summed E-state index contributed by atoms with van der Waals surface area (Å²) in [4.78, 5) is 12.6. The smallest absolute Gasteiger partial charge is 0.320 e. The molecule has 2 aliphatic rings. The fourth-order valence-corrected chi connectivity index (χ4v) is 1.66. The highest BCUT2D eigenvalue weighted by molar-refractivity contribution is 5.74. The number of carbonyl (C=O) groups is 1. The highest BCUT2D eigenvalue weighted by Gasteiger charge is 2.36. The first-order valence-corrected chi connectivity index (χ1v) is 4.32. The third-order valence-corrected chi connectivity index (χ3v) is 2.62. The Labute approximate surface area is 71.1 Å². The Hall–Kier alpha value is -0.610. The predicted octanol–water partition coefficient (Wildman–Crippen LogP) is -0.208. The third-order valence-electron chi connectivity index (χ3n) is 2.62. The molecule has 0 bridgehead atoms. The number of hydrogen-bond acceptors (Lipinski definition) is 3. The molecule has 4 nitrogen and oxygen atoms in total. The summed E-state index contributed by atoms with van der Waals surface area (Å²) in [5.74, 6) is -0.103. The molecule has 2 saturated heterocycles. The van der Waals surface area contributed by atoms with Crippen LogP contribution in [0, 0.1) is 5.92 Å². The van der Waals surface area contributed by atoms with E-state index in [9.17, 15) is 4.79 Å². The Morgan fingerprint density at radius 1 is 1.58 bits per heavy atom. The number of ether oxygens (including phenoxy) is 1. The Kier molecular flexibility index (Phi) is 2.02. The molecule has 1 unspecified atom stereocenters. The van der Waals surface area contributed by atoms with Crippen LogP contribution >= 0.6 is 0 Å². The maximum atomic E-state index is 10.6. The second-order valence-corrected chi connectivity index (χ2v) is 3.54. The van der Waals surface area contributed by atoms with Gasteiger partial charge in [0.05, 0.1) is 13.2 Å². The number of hydrogen-bond donors (Lipinski definition) is 1. The summed E-state index contributed by atoms with van der Waals surface area (Å²) >= 11 is 0. The van der Waals surface area contributed by atoms with Gasteiger partial charge in [-0.25, -0.2) is 0 Å². The Morgan fingerprint density at radius 3 is 2.67 bits per heavy atom. The van der Waals surface area contributed by atoms with E-state index in [1.165, 1.54) is 0 Å². The number of carboxylic acids is 1. The monoisotopic (exact) mass is 171 g/mol. The van der Waals surface area contributed by atoms with Gasteiger partial charge >= 0.3 is 5.97 Å². The summed E-state index contributed by atoms with van der Waals surface area (Å²) in [5, 5.41) is 8.73. The first-order valence-electron chi connectivity index (χ1n) is 4.32. The minimum atomic E-state index is -0.679. The molecule has 2 heterocycles. The summed E-state index contributed by atoms with van der Waals surface area (Å²) < 4.78 is 5.03. The van der Waals surface area contributed by atoms with Crippen LogP contribution in [0.2, 0.25) is 0 Å². The highest BCUT2D eigenvalue weighted by atomic mass is 16.5. The maximum Gasteiger partial charge on any atom is 0.320 e. The number of aliphatic carboxylic acids is 1. The molecular weight excluding hydrogens is 158 g/mol. The SMILES string of the molecule is O=C(O)C1CCN1CC1COC1. The van der Waals surface area contributed by atoms with Crippen molar-refractivity contribution in [3.8, 4) is 0 Å². The first kappa shape index (κ1) is 8.01. The van der Waals surface area contributed by atoms with E-state index in [4.69, 9.17) is 9.84 Å². The van der Waals surface area contributed by atoms with Gasteiger partial charge in [-0.2, -0.15) is 0 Å². The van der Waals surface area contributed by atoms with E-state index in [1.54, 1.807) is 0 Å². The van der Waals surface area contributed by atoms with Crippen molar-refractivity contribution in [1.82, 2.24) is 4.90 Å². The van der Waals surface area contributed by atoms with Crippen LogP contribution in [0.25, 0.3) is 0 Å². The van der Waals surface area contributed by atoms with E-state index in [-0.39, 0.29) is 6.04 Å². The van der Waals surface area contributed by atoms with Crippen molar-refractivity contribution in [2.75, 3.05) is 26.3 Å². The van der Waals surface area contributed by atoms with Crippen LogP contribution in [0.15, 0.2) is 0 Å². The molecule has 0 aromatic heterocycles. The normalized spacial score (nSPS) is 30.8. The van der Waals surface area contributed by atoms with Crippen molar-refractivity contribution in [2.24, 2.45) is 5.92 Å². The van der Waals surface area contributed by atoms with Crippen molar-refractivity contribution >= 4 is 5.97 Å². The van der Waals surface area contributed by atoms with Gasteiger partial charge in [0.15, 0.2) is 0 Å². The van der Waals surface area contributed by atoms with Crippen molar-refractivity contribution in [3.05, 3.63) is 0 Å². The van der Waals surface area contributed by atoms with E-state index >= 15 is 0 Å². The van der Waals surface area contributed by atoms with Crippen LogP contribution in [0.5, 0.6) is 0 Å².